The predicted octanol–water partition coefficient (Wildman–Crippen LogP) is 2.56. The molecule has 0 saturated carbocycles. The molecule has 112 valence electrons. The fourth-order valence-corrected chi connectivity index (χ4v) is 1.83. The minimum Gasteiger partial charge on any atom is -0.481 e. The molecule has 0 aliphatic heterocycles. The van der Waals surface area contributed by atoms with Crippen molar-refractivity contribution in [2.45, 2.75) is 39.2 Å². The molecule has 1 amide bonds. The Balaban J connectivity index is 2.46. The molecule has 0 spiro atoms. The van der Waals surface area contributed by atoms with E-state index in [2.05, 4.69) is 12.2 Å². The second kappa shape index (κ2) is 9.37. The van der Waals surface area contributed by atoms with Gasteiger partial charge in [0.15, 0.2) is 6.10 Å². The Morgan fingerprint density at radius 1 is 1.25 bits per heavy atom. The second-order valence-corrected chi connectivity index (χ2v) is 4.65. The Labute approximate surface area is 121 Å². The number of benzene rings is 1. The highest BCUT2D eigenvalue weighted by Gasteiger charge is 2.17. The maximum Gasteiger partial charge on any atom is 0.261 e. The van der Waals surface area contributed by atoms with Gasteiger partial charge in [0.25, 0.3) is 5.91 Å². The maximum atomic E-state index is 12.0. The van der Waals surface area contributed by atoms with Gasteiger partial charge in [-0.25, -0.2) is 0 Å². The summed E-state index contributed by atoms with van der Waals surface area (Å²) in [6.45, 7) is 5.32. The Bertz CT molecular complexity index is 389. The van der Waals surface area contributed by atoms with Crippen molar-refractivity contribution < 1.29 is 14.3 Å². The molecule has 0 fully saturated rings. The smallest absolute Gasteiger partial charge is 0.261 e. The number of carbonyl (C=O) groups is 1. The van der Waals surface area contributed by atoms with E-state index in [0.29, 0.717) is 19.6 Å². The Hall–Kier alpha value is -1.55. The first-order valence-electron chi connectivity index (χ1n) is 7.23. The lowest BCUT2D eigenvalue weighted by Gasteiger charge is -2.17. The number of rotatable bonds is 9. The fourth-order valence-electron chi connectivity index (χ4n) is 1.83. The van der Waals surface area contributed by atoms with Gasteiger partial charge < -0.3 is 14.8 Å². The quantitative estimate of drug-likeness (QED) is 0.707. The predicted molar refractivity (Wildman–Crippen MR) is 80.0 cm³/mol. The molecule has 0 heterocycles. The van der Waals surface area contributed by atoms with E-state index < -0.39 is 6.10 Å². The minimum atomic E-state index is -0.440. The van der Waals surface area contributed by atoms with E-state index in [1.54, 1.807) is 7.11 Å². The highest BCUT2D eigenvalue weighted by molar-refractivity contribution is 5.81. The lowest BCUT2D eigenvalue weighted by Crippen LogP contribution is -2.38. The molecule has 0 aromatic heterocycles. The van der Waals surface area contributed by atoms with E-state index in [9.17, 15) is 4.79 Å². The van der Waals surface area contributed by atoms with Gasteiger partial charge in [0, 0.05) is 20.3 Å². The van der Waals surface area contributed by atoms with Crippen LogP contribution in [0.15, 0.2) is 24.3 Å². The number of amides is 1. The van der Waals surface area contributed by atoms with Crippen LogP contribution in [0.1, 0.15) is 32.3 Å². The topological polar surface area (TPSA) is 47.6 Å². The van der Waals surface area contributed by atoms with Crippen LogP contribution < -0.4 is 10.1 Å². The van der Waals surface area contributed by atoms with E-state index in [-0.39, 0.29) is 5.91 Å². The van der Waals surface area contributed by atoms with Crippen LogP contribution in [-0.4, -0.2) is 32.3 Å². The van der Waals surface area contributed by atoms with Crippen LogP contribution in [0.3, 0.4) is 0 Å². The van der Waals surface area contributed by atoms with Crippen LogP contribution >= 0.6 is 0 Å². The Morgan fingerprint density at radius 2 is 1.95 bits per heavy atom. The van der Waals surface area contributed by atoms with Gasteiger partial charge in [-0.2, -0.15) is 0 Å². The van der Waals surface area contributed by atoms with Crippen LogP contribution in [0.4, 0.5) is 0 Å². The van der Waals surface area contributed by atoms with E-state index in [1.807, 2.05) is 31.2 Å². The van der Waals surface area contributed by atoms with Crippen LogP contribution in [-0.2, 0) is 16.0 Å². The van der Waals surface area contributed by atoms with Gasteiger partial charge in [0.05, 0.1) is 0 Å². The normalized spacial score (nSPS) is 11.9. The van der Waals surface area contributed by atoms with Gasteiger partial charge in [-0.05, 0) is 37.0 Å². The molecule has 0 bridgehead atoms. The van der Waals surface area contributed by atoms with E-state index in [4.69, 9.17) is 9.47 Å². The SMILES string of the molecule is CCc1ccc(OC(CC)C(=O)NCCCOC)cc1. The minimum absolute atomic E-state index is 0.0665. The number of nitrogens with one attached hydrogen (secondary N) is 1. The summed E-state index contributed by atoms with van der Waals surface area (Å²) in [5.74, 6) is 0.671. The molecule has 4 heteroatoms. The lowest BCUT2D eigenvalue weighted by atomic mass is 10.1. The summed E-state index contributed by atoms with van der Waals surface area (Å²) in [4.78, 5) is 12.0. The summed E-state index contributed by atoms with van der Waals surface area (Å²) in [7, 11) is 1.65. The first kappa shape index (κ1) is 16.5. The molecular formula is C16H25NO3. The Kier molecular flexibility index (Phi) is 7.73. The third-order valence-electron chi connectivity index (χ3n) is 3.10. The first-order chi connectivity index (χ1) is 9.71. The number of carbonyl (C=O) groups excluding carboxylic acids is 1. The zero-order valence-electron chi connectivity index (χ0n) is 12.6. The van der Waals surface area contributed by atoms with Gasteiger partial charge in [0.1, 0.15) is 5.75 Å². The number of ether oxygens (including phenoxy) is 2. The van der Waals surface area contributed by atoms with Crippen LogP contribution in [0.25, 0.3) is 0 Å². The number of hydrogen-bond donors (Lipinski definition) is 1. The molecule has 1 N–H and O–H groups in total. The standard InChI is InChI=1S/C16H25NO3/c1-4-13-7-9-14(10-8-13)20-15(5-2)16(18)17-11-6-12-19-3/h7-10,15H,4-6,11-12H2,1-3H3,(H,17,18). The molecule has 1 unspecified atom stereocenters. The average Bonchev–Trinajstić information content (AvgIpc) is 2.49. The van der Waals surface area contributed by atoms with Gasteiger partial charge in [-0.1, -0.05) is 26.0 Å². The molecule has 1 atom stereocenters. The monoisotopic (exact) mass is 279 g/mol. The molecule has 4 nitrogen and oxygen atoms in total. The van der Waals surface area contributed by atoms with Crippen molar-refractivity contribution in [2.75, 3.05) is 20.3 Å². The largest absolute Gasteiger partial charge is 0.481 e. The first-order valence-corrected chi connectivity index (χ1v) is 7.23. The molecule has 0 aliphatic carbocycles. The summed E-state index contributed by atoms with van der Waals surface area (Å²) < 4.78 is 10.7. The maximum absolute atomic E-state index is 12.0. The summed E-state index contributed by atoms with van der Waals surface area (Å²) in [6.07, 6.45) is 2.01. The van der Waals surface area contributed by atoms with E-state index in [1.165, 1.54) is 5.56 Å². The summed E-state index contributed by atoms with van der Waals surface area (Å²) in [6, 6.07) is 7.89. The zero-order chi connectivity index (χ0) is 14.8. The summed E-state index contributed by atoms with van der Waals surface area (Å²) in [5.41, 5.74) is 1.26. The van der Waals surface area contributed by atoms with Gasteiger partial charge in [0.2, 0.25) is 0 Å². The molecule has 1 aromatic rings. The number of aryl methyl sites for hydroxylation is 1. The van der Waals surface area contributed by atoms with Gasteiger partial charge in [-0.3, -0.25) is 4.79 Å². The summed E-state index contributed by atoms with van der Waals surface area (Å²) >= 11 is 0. The lowest BCUT2D eigenvalue weighted by molar-refractivity contribution is -0.128. The molecule has 20 heavy (non-hydrogen) atoms. The van der Waals surface area contributed by atoms with Crippen molar-refractivity contribution in [3.05, 3.63) is 29.8 Å². The highest BCUT2D eigenvalue weighted by atomic mass is 16.5. The van der Waals surface area contributed by atoms with Crippen LogP contribution in [0, 0.1) is 0 Å². The van der Waals surface area contributed by atoms with Crippen LogP contribution in [0.2, 0.25) is 0 Å². The highest BCUT2D eigenvalue weighted by Crippen LogP contribution is 2.15. The van der Waals surface area contributed by atoms with Crippen molar-refractivity contribution >= 4 is 5.91 Å². The average molecular weight is 279 g/mol. The number of hydrogen-bond acceptors (Lipinski definition) is 3. The third-order valence-corrected chi connectivity index (χ3v) is 3.10. The van der Waals surface area contributed by atoms with Crippen molar-refractivity contribution in [1.29, 1.82) is 0 Å². The third kappa shape index (κ3) is 5.61. The Morgan fingerprint density at radius 3 is 2.50 bits per heavy atom. The van der Waals surface area contributed by atoms with Crippen LogP contribution in [0.5, 0.6) is 5.75 Å². The fraction of sp³-hybridized carbons (Fsp3) is 0.562. The van der Waals surface area contributed by atoms with E-state index >= 15 is 0 Å². The molecule has 0 radical (unpaired) electrons. The zero-order valence-corrected chi connectivity index (χ0v) is 12.6. The van der Waals surface area contributed by atoms with Crippen molar-refractivity contribution in [2.24, 2.45) is 0 Å². The number of methoxy groups -OCH3 is 1. The second-order valence-electron chi connectivity index (χ2n) is 4.65. The summed E-state index contributed by atoms with van der Waals surface area (Å²) in [5, 5.41) is 2.87. The van der Waals surface area contributed by atoms with E-state index in [0.717, 1.165) is 18.6 Å². The van der Waals surface area contributed by atoms with Gasteiger partial charge >= 0.3 is 0 Å². The van der Waals surface area contributed by atoms with Gasteiger partial charge in [-0.15, -0.1) is 0 Å². The van der Waals surface area contributed by atoms with Crippen molar-refractivity contribution in [3.63, 3.8) is 0 Å². The molecule has 0 saturated heterocycles. The molecule has 1 aromatic carbocycles. The molecule has 1 rings (SSSR count). The van der Waals surface area contributed by atoms with Crippen molar-refractivity contribution in [1.82, 2.24) is 5.32 Å². The molecule has 0 aliphatic rings. The van der Waals surface area contributed by atoms with Crippen molar-refractivity contribution in [3.8, 4) is 5.75 Å². The molecular weight excluding hydrogens is 254 g/mol.